The lowest BCUT2D eigenvalue weighted by atomic mass is 10.1. The Kier molecular flexibility index (Phi) is 6.48. The number of hydrogen-bond acceptors (Lipinski definition) is 4. The summed E-state index contributed by atoms with van der Waals surface area (Å²) in [5.74, 6) is 0.327. The average molecular weight is 387 g/mol. The Hall–Kier alpha value is -2.37. The Bertz CT molecular complexity index is 799. The molecule has 2 aromatic rings. The highest BCUT2D eigenvalue weighted by atomic mass is 35.5. The van der Waals surface area contributed by atoms with Crippen LogP contribution in [0.3, 0.4) is 0 Å². The Balaban J connectivity index is 1.47. The van der Waals surface area contributed by atoms with Crippen molar-refractivity contribution in [3.63, 3.8) is 0 Å². The summed E-state index contributed by atoms with van der Waals surface area (Å²) in [6.07, 6.45) is 0. The summed E-state index contributed by atoms with van der Waals surface area (Å²) < 4.78 is 5.61. The molecule has 0 radical (unpaired) electrons. The van der Waals surface area contributed by atoms with Crippen LogP contribution in [0.2, 0.25) is 5.02 Å². The van der Waals surface area contributed by atoms with Gasteiger partial charge in [-0.05, 0) is 36.8 Å². The van der Waals surface area contributed by atoms with Gasteiger partial charge in [-0.15, -0.1) is 0 Å². The largest absolute Gasteiger partial charge is 0.483 e. The molecular formula is C21H23ClN2O3. The van der Waals surface area contributed by atoms with Crippen molar-refractivity contribution in [2.24, 2.45) is 0 Å². The SMILES string of the molecule is CC(=O)c1ccccc1OCC(=O)N1CCN(Cc2ccc(Cl)cc2)CC1. The van der Waals surface area contributed by atoms with Gasteiger partial charge in [0.05, 0.1) is 5.56 Å². The predicted octanol–water partition coefficient (Wildman–Crippen LogP) is 3.27. The molecule has 0 bridgehead atoms. The van der Waals surface area contributed by atoms with Crippen LogP contribution < -0.4 is 4.74 Å². The lowest BCUT2D eigenvalue weighted by Crippen LogP contribution is -2.49. The molecule has 1 aliphatic heterocycles. The number of ether oxygens (including phenoxy) is 1. The summed E-state index contributed by atoms with van der Waals surface area (Å²) >= 11 is 5.92. The number of halogens is 1. The minimum Gasteiger partial charge on any atom is -0.483 e. The summed E-state index contributed by atoms with van der Waals surface area (Å²) in [5, 5.41) is 0.737. The molecule has 1 amide bonds. The number of hydrogen-bond donors (Lipinski definition) is 0. The minimum atomic E-state index is -0.0751. The third-order valence-electron chi connectivity index (χ3n) is 4.66. The molecule has 0 atom stereocenters. The molecule has 0 saturated carbocycles. The first-order valence-corrected chi connectivity index (χ1v) is 9.38. The van der Waals surface area contributed by atoms with E-state index in [0.29, 0.717) is 24.4 Å². The fraction of sp³-hybridized carbons (Fsp3) is 0.333. The minimum absolute atomic E-state index is 0.0541. The standard InChI is InChI=1S/C21H23ClN2O3/c1-16(25)19-4-2-3-5-20(19)27-15-21(26)24-12-10-23(11-13-24)14-17-6-8-18(22)9-7-17/h2-9H,10-15H2,1H3. The second-order valence-electron chi connectivity index (χ2n) is 6.62. The molecule has 6 heteroatoms. The highest BCUT2D eigenvalue weighted by molar-refractivity contribution is 6.30. The maximum atomic E-state index is 12.4. The Morgan fingerprint density at radius 2 is 1.67 bits per heavy atom. The Morgan fingerprint density at radius 1 is 1.00 bits per heavy atom. The average Bonchev–Trinajstić information content (AvgIpc) is 2.68. The van der Waals surface area contributed by atoms with Gasteiger partial charge in [0.1, 0.15) is 5.75 Å². The number of ketones is 1. The van der Waals surface area contributed by atoms with E-state index >= 15 is 0 Å². The van der Waals surface area contributed by atoms with E-state index in [9.17, 15) is 9.59 Å². The molecule has 1 saturated heterocycles. The maximum absolute atomic E-state index is 12.4. The third kappa shape index (κ3) is 5.31. The Labute approximate surface area is 164 Å². The number of benzene rings is 2. The van der Waals surface area contributed by atoms with Crippen LogP contribution in [0.1, 0.15) is 22.8 Å². The zero-order chi connectivity index (χ0) is 19.2. The number of Topliss-reactive ketones (excluding diaryl/α,β-unsaturated/α-hetero) is 1. The first kappa shape index (κ1) is 19.4. The van der Waals surface area contributed by atoms with E-state index in [2.05, 4.69) is 4.90 Å². The van der Waals surface area contributed by atoms with Crippen molar-refractivity contribution in [3.05, 3.63) is 64.7 Å². The molecule has 3 rings (SSSR count). The van der Waals surface area contributed by atoms with E-state index in [1.165, 1.54) is 12.5 Å². The highest BCUT2D eigenvalue weighted by Crippen LogP contribution is 2.18. The van der Waals surface area contributed by atoms with Crippen LogP contribution in [0.4, 0.5) is 0 Å². The third-order valence-corrected chi connectivity index (χ3v) is 4.91. The molecule has 0 unspecified atom stereocenters. The fourth-order valence-corrected chi connectivity index (χ4v) is 3.24. The molecular weight excluding hydrogens is 364 g/mol. The lowest BCUT2D eigenvalue weighted by molar-refractivity contribution is -0.135. The van der Waals surface area contributed by atoms with Gasteiger partial charge in [-0.2, -0.15) is 0 Å². The zero-order valence-electron chi connectivity index (χ0n) is 15.4. The molecule has 2 aromatic carbocycles. The molecule has 0 aromatic heterocycles. The molecule has 142 valence electrons. The van der Waals surface area contributed by atoms with E-state index in [0.717, 1.165) is 24.7 Å². The molecule has 1 fully saturated rings. The highest BCUT2D eigenvalue weighted by Gasteiger charge is 2.22. The van der Waals surface area contributed by atoms with Gasteiger partial charge < -0.3 is 9.64 Å². The second kappa shape index (κ2) is 9.02. The van der Waals surface area contributed by atoms with Gasteiger partial charge in [0.2, 0.25) is 0 Å². The summed E-state index contributed by atoms with van der Waals surface area (Å²) in [5.41, 5.74) is 1.71. The first-order chi connectivity index (χ1) is 13.0. The van der Waals surface area contributed by atoms with Gasteiger partial charge in [0.25, 0.3) is 5.91 Å². The normalized spacial score (nSPS) is 14.8. The van der Waals surface area contributed by atoms with E-state index < -0.39 is 0 Å². The van der Waals surface area contributed by atoms with Gasteiger partial charge in [-0.1, -0.05) is 35.9 Å². The van der Waals surface area contributed by atoms with E-state index in [-0.39, 0.29) is 18.3 Å². The van der Waals surface area contributed by atoms with E-state index in [4.69, 9.17) is 16.3 Å². The molecule has 5 nitrogen and oxygen atoms in total. The molecule has 0 spiro atoms. The fourth-order valence-electron chi connectivity index (χ4n) is 3.12. The van der Waals surface area contributed by atoms with E-state index in [1.54, 1.807) is 24.3 Å². The van der Waals surface area contributed by atoms with Crippen molar-refractivity contribution in [2.75, 3.05) is 32.8 Å². The van der Waals surface area contributed by atoms with Crippen molar-refractivity contribution < 1.29 is 14.3 Å². The van der Waals surface area contributed by atoms with Crippen LogP contribution in [0.25, 0.3) is 0 Å². The number of carbonyl (C=O) groups excluding carboxylic acids is 2. The smallest absolute Gasteiger partial charge is 0.260 e. The number of amides is 1. The van der Waals surface area contributed by atoms with Crippen molar-refractivity contribution in [3.8, 4) is 5.75 Å². The van der Waals surface area contributed by atoms with Crippen molar-refractivity contribution in [1.29, 1.82) is 0 Å². The number of piperazine rings is 1. The molecule has 0 aliphatic carbocycles. The summed E-state index contributed by atoms with van der Waals surface area (Å²) in [7, 11) is 0. The molecule has 1 heterocycles. The quantitative estimate of drug-likeness (QED) is 0.715. The number of nitrogens with zero attached hydrogens (tertiary/aromatic N) is 2. The van der Waals surface area contributed by atoms with Gasteiger partial charge in [0, 0.05) is 37.7 Å². The van der Waals surface area contributed by atoms with Crippen LogP contribution in [-0.4, -0.2) is 54.3 Å². The lowest BCUT2D eigenvalue weighted by Gasteiger charge is -2.34. The molecule has 0 N–H and O–H groups in total. The van der Waals surface area contributed by atoms with Crippen molar-refractivity contribution in [2.45, 2.75) is 13.5 Å². The first-order valence-electron chi connectivity index (χ1n) is 9.00. The Morgan fingerprint density at radius 3 is 2.33 bits per heavy atom. The number of para-hydroxylation sites is 1. The van der Waals surface area contributed by atoms with Crippen molar-refractivity contribution >= 4 is 23.3 Å². The molecule has 27 heavy (non-hydrogen) atoms. The van der Waals surface area contributed by atoms with Crippen molar-refractivity contribution in [1.82, 2.24) is 9.80 Å². The van der Waals surface area contributed by atoms with Crippen LogP contribution in [0.15, 0.2) is 48.5 Å². The van der Waals surface area contributed by atoms with Crippen LogP contribution in [0, 0.1) is 0 Å². The number of rotatable bonds is 6. The van der Waals surface area contributed by atoms with E-state index in [1.807, 2.05) is 29.2 Å². The summed E-state index contributed by atoms with van der Waals surface area (Å²) in [6.45, 7) is 5.26. The van der Waals surface area contributed by atoms with Gasteiger partial charge in [-0.25, -0.2) is 0 Å². The topological polar surface area (TPSA) is 49.9 Å². The molecule has 1 aliphatic rings. The summed E-state index contributed by atoms with van der Waals surface area (Å²) in [4.78, 5) is 28.2. The monoisotopic (exact) mass is 386 g/mol. The van der Waals surface area contributed by atoms with Crippen LogP contribution in [0.5, 0.6) is 5.75 Å². The van der Waals surface area contributed by atoms with Crippen LogP contribution in [-0.2, 0) is 11.3 Å². The van der Waals surface area contributed by atoms with Gasteiger partial charge >= 0.3 is 0 Å². The zero-order valence-corrected chi connectivity index (χ0v) is 16.1. The summed E-state index contributed by atoms with van der Waals surface area (Å²) in [6, 6.07) is 14.8. The van der Waals surface area contributed by atoms with Crippen LogP contribution >= 0.6 is 11.6 Å². The maximum Gasteiger partial charge on any atom is 0.260 e. The predicted molar refractivity (Wildman–Crippen MR) is 105 cm³/mol. The number of carbonyl (C=O) groups is 2. The second-order valence-corrected chi connectivity index (χ2v) is 7.06. The van der Waals surface area contributed by atoms with Gasteiger partial charge in [-0.3, -0.25) is 14.5 Å². The van der Waals surface area contributed by atoms with Gasteiger partial charge in [0.15, 0.2) is 12.4 Å².